The minimum Gasteiger partial charge on any atom is -0.417 e. The van der Waals surface area contributed by atoms with Gasteiger partial charge in [0.1, 0.15) is 0 Å². The van der Waals surface area contributed by atoms with Crippen molar-refractivity contribution in [1.29, 1.82) is 0 Å². The largest absolute Gasteiger partial charge is 0.417 e. The van der Waals surface area contributed by atoms with Crippen molar-refractivity contribution in [3.63, 3.8) is 0 Å². The van der Waals surface area contributed by atoms with Crippen molar-refractivity contribution in [2.45, 2.75) is 39.7 Å². The van der Waals surface area contributed by atoms with Crippen LogP contribution in [0, 0.1) is 0 Å². The topological polar surface area (TPSA) is 68.0 Å². The van der Waals surface area contributed by atoms with Crippen LogP contribution in [0.3, 0.4) is 0 Å². The molecule has 0 aromatic carbocycles. The highest BCUT2D eigenvalue weighted by Crippen LogP contribution is 2.04. The van der Waals surface area contributed by atoms with Gasteiger partial charge >= 0.3 is 11.8 Å². The molecule has 0 spiro atoms. The van der Waals surface area contributed by atoms with Gasteiger partial charge in [0.2, 0.25) is 5.89 Å². The molecule has 1 rings (SSSR count). The second kappa shape index (κ2) is 3.77. The molecule has 0 radical (unpaired) electrons. The monoisotopic (exact) mass is 197 g/mol. The highest BCUT2D eigenvalue weighted by molar-refractivity contribution is 5.89. The van der Waals surface area contributed by atoms with E-state index in [4.69, 9.17) is 4.42 Å². The summed E-state index contributed by atoms with van der Waals surface area (Å²) in [7, 11) is 0. The number of aryl methyl sites for hydroxylation is 1. The van der Waals surface area contributed by atoms with Gasteiger partial charge in [-0.3, -0.25) is 4.79 Å². The summed E-state index contributed by atoms with van der Waals surface area (Å²) in [4.78, 5) is 11.5. The zero-order chi connectivity index (χ0) is 10.8. The zero-order valence-corrected chi connectivity index (χ0v) is 8.92. The molecule has 0 atom stereocenters. The lowest BCUT2D eigenvalue weighted by Crippen LogP contribution is -2.40. The quantitative estimate of drug-likeness (QED) is 0.772. The van der Waals surface area contributed by atoms with E-state index >= 15 is 0 Å². The average molecular weight is 197 g/mol. The lowest BCUT2D eigenvalue weighted by Gasteiger charge is -2.18. The molecule has 1 heterocycles. The molecule has 0 fully saturated rings. The van der Waals surface area contributed by atoms with Crippen LogP contribution in [0.25, 0.3) is 0 Å². The van der Waals surface area contributed by atoms with E-state index in [1.165, 1.54) is 0 Å². The summed E-state index contributed by atoms with van der Waals surface area (Å²) >= 11 is 0. The van der Waals surface area contributed by atoms with Crippen LogP contribution in [-0.2, 0) is 6.42 Å². The fraction of sp³-hybridized carbons (Fsp3) is 0.667. The standard InChI is InChI=1S/C9H15N3O2/c1-5-6-11-12-8(14-6)7(13)10-9(2,3)4/h5H2,1-4H3,(H,10,13). The van der Waals surface area contributed by atoms with Crippen LogP contribution in [0.4, 0.5) is 0 Å². The van der Waals surface area contributed by atoms with Crippen LogP contribution < -0.4 is 5.32 Å². The van der Waals surface area contributed by atoms with E-state index in [0.717, 1.165) is 0 Å². The number of hydrogen-bond acceptors (Lipinski definition) is 4. The van der Waals surface area contributed by atoms with Gasteiger partial charge in [0.05, 0.1) is 0 Å². The second-order valence-corrected chi connectivity index (χ2v) is 4.06. The molecule has 5 nitrogen and oxygen atoms in total. The lowest BCUT2D eigenvalue weighted by atomic mass is 10.1. The number of hydrogen-bond donors (Lipinski definition) is 1. The molecular formula is C9H15N3O2. The fourth-order valence-electron chi connectivity index (χ4n) is 0.882. The van der Waals surface area contributed by atoms with Gasteiger partial charge in [-0.15, -0.1) is 10.2 Å². The lowest BCUT2D eigenvalue weighted by molar-refractivity contribution is 0.0882. The van der Waals surface area contributed by atoms with Crippen LogP contribution in [0.2, 0.25) is 0 Å². The molecule has 0 aliphatic rings. The Hall–Kier alpha value is -1.39. The molecule has 1 aromatic rings. The van der Waals surface area contributed by atoms with E-state index in [-0.39, 0.29) is 17.3 Å². The summed E-state index contributed by atoms with van der Waals surface area (Å²) in [5.41, 5.74) is -0.294. The van der Waals surface area contributed by atoms with Crippen molar-refractivity contribution in [2.24, 2.45) is 0 Å². The molecule has 0 saturated carbocycles. The van der Waals surface area contributed by atoms with Crippen molar-refractivity contribution in [2.75, 3.05) is 0 Å². The van der Waals surface area contributed by atoms with Crippen LogP contribution in [-0.4, -0.2) is 21.6 Å². The minimum atomic E-state index is -0.329. The van der Waals surface area contributed by atoms with Gasteiger partial charge in [-0.05, 0) is 20.8 Å². The van der Waals surface area contributed by atoms with E-state index < -0.39 is 0 Å². The van der Waals surface area contributed by atoms with Crippen LogP contribution in [0.1, 0.15) is 44.3 Å². The molecule has 5 heteroatoms. The Morgan fingerprint density at radius 2 is 2.07 bits per heavy atom. The van der Waals surface area contributed by atoms with Crippen molar-refractivity contribution >= 4 is 5.91 Å². The predicted octanol–water partition coefficient (Wildman–Crippen LogP) is 1.16. The first-order chi connectivity index (χ1) is 6.42. The molecule has 1 N–H and O–H groups in total. The molecule has 1 aromatic heterocycles. The van der Waals surface area contributed by atoms with Crippen molar-refractivity contribution < 1.29 is 9.21 Å². The number of amides is 1. The highest BCUT2D eigenvalue weighted by Gasteiger charge is 2.19. The van der Waals surface area contributed by atoms with E-state index in [2.05, 4.69) is 15.5 Å². The van der Waals surface area contributed by atoms with Gasteiger partial charge < -0.3 is 9.73 Å². The van der Waals surface area contributed by atoms with Gasteiger partial charge in [0, 0.05) is 12.0 Å². The van der Waals surface area contributed by atoms with Crippen LogP contribution in [0.15, 0.2) is 4.42 Å². The van der Waals surface area contributed by atoms with Gasteiger partial charge in [0.15, 0.2) is 0 Å². The SMILES string of the molecule is CCc1nnc(C(=O)NC(C)(C)C)o1. The third kappa shape index (κ3) is 2.83. The zero-order valence-electron chi connectivity index (χ0n) is 8.92. The number of nitrogens with one attached hydrogen (secondary N) is 1. The van der Waals surface area contributed by atoms with Gasteiger partial charge in [-0.25, -0.2) is 0 Å². The molecule has 0 aliphatic heterocycles. The van der Waals surface area contributed by atoms with Gasteiger partial charge in [-0.1, -0.05) is 6.92 Å². The van der Waals surface area contributed by atoms with E-state index in [1.54, 1.807) is 0 Å². The molecule has 0 aliphatic carbocycles. The Morgan fingerprint density at radius 3 is 2.50 bits per heavy atom. The molecule has 0 saturated heterocycles. The highest BCUT2D eigenvalue weighted by atomic mass is 16.4. The summed E-state index contributed by atoms with van der Waals surface area (Å²) in [6.45, 7) is 7.56. The first-order valence-electron chi connectivity index (χ1n) is 4.57. The van der Waals surface area contributed by atoms with Crippen LogP contribution >= 0.6 is 0 Å². The minimum absolute atomic E-state index is 0.0248. The fourth-order valence-corrected chi connectivity index (χ4v) is 0.882. The summed E-state index contributed by atoms with van der Waals surface area (Å²) in [5, 5.41) is 10.1. The summed E-state index contributed by atoms with van der Waals surface area (Å²) in [6.07, 6.45) is 0.635. The molecule has 14 heavy (non-hydrogen) atoms. The Kier molecular flexibility index (Phi) is 2.88. The smallest absolute Gasteiger partial charge is 0.309 e. The predicted molar refractivity (Wildman–Crippen MR) is 50.9 cm³/mol. The normalized spacial score (nSPS) is 11.4. The molecule has 78 valence electrons. The molecular weight excluding hydrogens is 182 g/mol. The van der Waals surface area contributed by atoms with Crippen LogP contribution in [0.5, 0.6) is 0 Å². The first-order valence-corrected chi connectivity index (χ1v) is 4.57. The number of rotatable bonds is 2. The van der Waals surface area contributed by atoms with Crippen molar-refractivity contribution in [1.82, 2.24) is 15.5 Å². The Balaban J connectivity index is 2.70. The summed E-state index contributed by atoms with van der Waals surface area (Å²) in [5.74, 6) is 0.172. The third-order valence-corrected chi connectivity index (χ3v) is 1.45. The van der Waals surface area contributed by atoms with E-state index in [1.807, 2.05) is 27.7 Å². The van der Waals surface area contributed by atoms with Gasteiger partial charge in [-0.2, -0.15) is 0 Å². The molecule has 0 bridgehead atoms. The third-order valence-electron chi connectivity index (χ3n) is 1.45. The van der Waals surface area contributed by atoms with Crippen molar-refractivity contribution in [3.05, 3.63) is 11.8 Å². The second-order valence-electron chi connectivity index (χ2n) is 4.06. The average Bonchev–Trinajstić information content (AvgIpc) is 2.48. The Morgan fingerprint density at radius 1 is 1.43 bits per heavy atom. The number of aromatic nitrogens is 2. The number of carbonyl (C=O) groups is 1. The molecule has 1 amide bonds. The first kappa shape index (κ1) is 10.7. The maximum absolute atomic E-state index is 11.5. The maximum atomic E-state index is 11.5. The van der Waals surface area contributed by atoms with Gasteiger partial charge in [0.25, 0.3) is 0 Å². The summed E-state index contributed by atoms with van der Waals surface area (Å²) in [6, 6.07) is 0. The van der Waals surface area contributed by atoms with E-state index in [9.17, 15) is 4.79 Å². The Labute approximate surface area is 82.9 Å². The number of nitrogens with zero attached hydrogens (tertiary/aromatic N) is 2. The number of carbonyl (C=O) groups excluding carboxylic acids is 1. The molecule has 0 unspecified atom stereocenters. The van der Waals surface area contributed by atoms with E-state index in [0.29, 0.717) is 12.3 Å². The maximum Gasteiger partial charge on any atom is 0.309 e. The Bertz CT molecular complexity index is 325. The van der Waals surface area contributed by atoms with Crippen molar-refractivity contribution in [3.8, 4) is 0 Å². The summed E-state index contributed by atoms with van der Waals surface area (Å²) < 4.78 is 5.11.